The number of likely N-dealkylation sites (N-methyl/N-ethyl adjacent to an activating group) is 1. The van der Waals surface area contributed by atoms with Gasteiger partial charge < -0.3 is 10.1 Å². The minimum Gasteiger partial charge on any atom is -0.462 e. The number of ether oxygens (including phenoxy) is 1. The van der Waals surface area contributed by atoms with Crippen molar-refractivity contribution in [3.63, 3.8) is 0 Å². The summed E-state index contributed by atoms with van der Waals surface area (Å²) in [6, 6.07) is 0. The number of nitrogens with zero attached hydrogens (tertiary/aromatic N) is 1. The topological polar surface area (TPSA) is 58.6 Å². The van der Waals surface area contributed by atoms with Crippen molar-refractivity contribution in [3.05, 3.63) is 16.0 Å². The Morgan fingerprint density at radius 3 is 2.59 bits per heavy atom. The van der Waals surface area contributed by atoms with Crippen molar-refractivity contribution < 1.29 is 14.3 Å². The average molecular weight is 347 g/mol. The summed E-state index contributed by atoms with van der Waals surface area (Å²) in [6.45, 7) is 8.64. The van der Waals surface area contributed by atoms with Crippen LogP contribution >= 0.6 is 23.7 Å². The van der Waals surface area contributed by atoms with E-state index >= 15 is 0 Å². The first-order chi connectivity index (χ1) is 9.76. The zero-order valence-corrected chi connectivity index (χ0v) is 15.2. The van der Waals surface area contributed by atoms with Gasteiger partial charge >= 0.3 is 5.97 Å². The van der Waals surface area contributed by atoms with Gasteiger partial charge in [0.05, 0.1) is 12.2 Å². The van der Waals surface area contributed by atoms with Gasteiger partial charge in [-0.2, -0.15) is 0 Å². The number of rotatable bonds is 3. The van der Waals surface area contributed by atoms with Gasteiger partial charge in [0.2, 0.25) is 5.91 Å². The zero-order chi connectivity index (χ0) is 15.8. The van der Waals surface area contributed by atoms with Gasteiger partial charge in [0.25, 0.3) is 0 Å². The van der Waals surface area contributed by atoms with Crippen molar-refractivity contribution in [1.82, 2.24) is 4.90 Å². The fourth-order valence-electron chi connectivity index (χ4n) is 2.49. The summed E-state index contributed by atoms with van der Waals surface area (Å²) >= 11 is 1.47. The number of hydrogen-bond acceptors (Lipinski definition) is 5. The summed E-state index contributed by atoms with van der Waals surface area (Å²) in [4.78, 5) is 27.1. The lowest BCUT2D eigenvalue weighted by Crippen LogP contribution is -2.45. The third kappa shape index (κ3) is 3.62. The molecule has 0 radical (unpaired) electrons. The Morgan fingerprint density at radius 1 is 1.41 bits per heavy atom. The number of anilines is 1. The van der Waals surface area contributed by atoms with Crippen LogP contribution < -0.4 is 5.32 Å². The molecule has 5 nitrogen and oxygen atoms in total. The van der Waals surface area contributed by atoms with Gasteiger partial charge in [-0.05, 0) is 39.8 Å². The fourth-order valence-corrected chi connectivity index (χ4v) is 3.80. The Labute approximate surface area is 141 Å². The van der Waals surface area contributed by atoms with E-state index < -0.39 is 0 Å². The van der Waals surface area contributed by atoms with Crippen molar-refractivity contribution in [2.75, 3.05) is 19.0 Å². The van der Waals surface area contributed by atoms with Gasteiger partial charge in [-0.3, -0.25) is 9.69 Å². The van der Waals surface area contributed by atoms with Crippen LogP contribution in [0, 0.1) is 0 Å². The van der Waals surface area contributed by atoms with E-state index in [-0.39, 0.29) is 29.8 Å². The summed E-state index contributed by atoms with van der Waals surface area (Å²) < 4.78 is 5.17. The second-order valence-corrected chi connectivity index (χ2v) is 7.06. The SMILES string of the molecule is CCOC(=O)c1c(NC(C)=O)sc2c1CC(C)(C)N(C)C2.Cl. The quantitative estimate of drug-likeness (QED) is 0.854. The minimum absolute atomic E-state index is 0. The molecule has 7 heteroatoms. The molecule has 2 rings (SSSR count). The molecule has 0 saturated carbocycles. The zero-order valence-electron chi connectivity index (χ0n) is 13.6. The Kier molecular flexibility index (Phi) is 6.01. The highest BCUT2D eigenvalue weighted by molar-refractivity contribution is 7.17. The van der Waals surface area contributed by atoms with Crippen molar-refractivity contribution in [2.24, 2.45) is 0 Å². The largest absolute Gasteiger partial charge is 0.462 e. The van der Waals surface area contributed by atoms with E-state index in [2.05, 4.69) is 31.1 Å². The van der Waals surface area contributed by atoms with E-state index in [1.807, 2.05) is 0 Å². The molecular formula is C15H23ClN2O3S. The van der Waals surface area contributed by atoms with Crippen molar-refractivity contribution >= 4 is 40.6 Å². The third-order valence-corrected chi connectivity index (χ3v) is 5.02. The molecule has 1 aliphatic heterocycles. The number of amides is 1. The Balaban J connectivity index is 0.00000242. The second-order valence-electron chi connectivity index (χ2n) is 5.95. The number of esters is 1. The summed E-state index contributed by atoms with van der Waals surface area (Å²) in [5.41, 5.74) is 1.53. The summed E-state index contributed by atoms with van der Waals surface area (Å²) in [6.07, 6.45) is 0.767. The smallest absolute Gasteiger partial charge is 0.341 e. The second kappa shape index (κ2) is 6.98. The molecule has 1 aromatic rings. The lowest BCUT2D eigenvalue weighted by molar-refractivity contribution is -0.114. The van der Waals surface area contributed by atoms with Crippen LogP contribution in [0.15, 0.2) is 0 Å². The summed E-state index contributed by atoms with van der Waals surface area (Å²) in [5.74, 6) is -0.522. The molecule has 0 aliphatic carbocycles. The van der Waals surface area contributed by atoms with Crippen LogP contribution in [0.3, 0.4) is 0 Å². The highest BCUT2D eigenvalue weighted by Gasteiger charge is 2.36. The molecule has 2 heterocycles. The van der Waals surface area contributed by atoms with Crippen LogP contribution in [0.5, 0.6) is 0 Å². The van der Waals surface area contributed by atoms with E-state index in [4.69, 9.17) is 4.74 Å². The van der Waals surface area contributed by atoms with Crippen LogP contribution in [0.2, 0.25) is 0 Å². The molecule has 0 spiro atoms. The highest BCUT2D eigenvalue weighted by atomic mass is 35.5. The molecule has 0 atom stereocenters. The van der Waals surface area contributed by atoms with Gasteiger partial charge in [0.1, 0.15) is 5.00 Å². The normalized spacial score (nSPS) is 16.4. The van der Waals surface area contributed by atoms with Gasteiger partial charge in [-0.1, -0.05) is 0 Å². The molecule has 124 valence electrons. The average Bonchev–Trinajstić information content (AvgIpc) is 2.65. The van der Waals surface area contributed by atoms with Crippen molar-refractivity contribution in [1.29, 1.82) is 0 Å². The van der Waals surface area contributed by atoms with Crippen LogP contribution in [0.1, 0.15) is 48.5 Å². The minimum atomic E-state index is -0.348. The van der Waals surface area contributed by atoms with Crippen molar-refractivity contribution in [3.8, 4) is 0 Å². The van der Waals surface area contributed by atoms with E-state index in [0.717, 1.165) is 23.4 Å². The van der Waals surface area contributed by atoms with E-state index in [1.54, 1.807) is 6.92 Å². The first kappa shape index (κ1) is 18.9. The van der Waals surface area contributed by atoms with Crippen molar-refractivity contribution in [2.45, 2.75) is 46.2 Å². The standard InChI is InChI=1S/C15H22N2O3S.ClH/c1-6-20-14(19)12-10-7-15(3,4)17(5)8-11(10)21-13(12)16-9(2)18;/h6-8H2,1-5H3,(H,16,18);1H. The maximum atomic E-state index is 12.3. The number of halogens is 1. The molecule has 0 unspecified atom stereocenters. The fraction of sp³-hybridized carbons (Fsp3) is 0.600. The van der Waals surface area contributed by atoms with Crippen LogP contribution in [-0.4, -0.2) is 36.0 Å². The molecule has 1 N–H and O–H groups in total. The first-order valence-electron chi connectivity index (χ1n) is 7.06. The predicted octanol–water partition coefficient (Wildman–Crippen LogP) is 3.07. The highest BCUT2D eigenvalue weighted by Crippen LogP contribution is 2.41. The maximum absolute atomic E-state index is 12.3. The van der Waals surface area contributed by atoms with E-state index in [0.29, 0.717) is 17.2 Å². The van der Waals surface area contributed by atoms with Gasteiger partial charge in [-0.25, -0.2) is 4.79 Å². The molecule has 0 bridgehead atoms. The molecule has 1 amide bonds. The molecule has 1 aromatic heterocycles. The monoisotopic (exact) mass is 346 g/mol. The number of fused-ring (bicyclic) bond motifs is 1. The maximum Gasteiger partial charge on any atom is 0.341 e. The van der Waals surface area contributed by atoms with Gasteiger partial charge in [0.15, 0.2) is 0 Å². The number of carbonyl (C=O) groups excluding carboxylic acids is 2. The third-order valence-electron chi connectivity index (χ3n) is 3.88. The lowest BCUT2D eigenvalue weighted by Gasteiger charge is -2.39. The molecule has 22 heavy (non-hydrogen) atoms. The van der Waals surface area contributed by atoms with E-state index in [1.165, 1.54) is 18.3 Å². The molecule has 0 saturated heterocycles. The van der Waals surface area contributed by atoms with Crippen LogP contribution in [0.4, 0.5) is 5.00 Å². The predicted molar refractivity (Wildman–Crippen MR) is 91.1 cm³/mol. The molecular weight excluding hydrogens is 324 g/mol. The number of nitrogens with one attached hydrogen (secondary N) is 1. The van der Waals surface area contributed by atoms with E-state index in [9.17, 15) is 9.59 Å². The lowest BCUT2D eigenvalue weighted by atomic mass is 9.87. The summed E-state index contributed by atoms with van der Waals surface area (Å²) in [5, 5.41) is 3.38. The number of thiophene rings is 1. The Hall–Kier alpha value is -1.11. The summed E-state index contributed by atoms with van der Waals surface area (Å²) in [7, 11) is 2.07. The number of hydrogen-bond donors (Lipinski definition) is 1. The molecule has 0 aromatic carbocycles. The van der Waals surface area contributed by atoms with Crippen LogP contribution in [0.25, 0.3) is 0 Å². The Bertz CT molecular complexity index is 584. The van der Waals surface area contributed by atoms with Crippen LogP contribution in [-0.2, 0) is 22.5 Å². The van der Waals surface area contributed by atoms with Gasteiger partial charge in [-0.15, -0.1) is 23.7 Å². The Morgan fingerprint density at radius 2 is 2.05 bits per heavy atom. The number of carbonyl (C=O) groups is 2. The molecule has 1 aliphatic rings. The molecule has 0 fully saturated rings. The van der Waals surface area contributed by atoms with Gasteiger partial charge in [0, 0.05) is 23.9 Å². The first-order valence-corrected chi connectivity index (χ1v) is 7.88.